The first-order chi connectivity index (χ1) is 11.1. The molecule has 0 saturated heterocycles. The normalized spacial score (nSPS) is 10.0. The molecule has 0 aliphatic heterocycles. The quantitative estimate of drug-likeness (QED) is 0.734. The molecule has 0 aromatic heterocycles. The van der Waals surface area contributed by atoms with E-state index in [0.29, 0.717) is 18.7 Å². The van der Waals surface area contributed by atoms with Crippen molar-refractivity contribution in [3.05, 3.63) is 72.3 Å². The summed E-state index contributed by atoms with van der Waals surface area (Å²) in [5.41, 5.74) is 1.68. The molecular formula is C19H21NO3. The molecule has 1 amide bonds. The van der Waals surface area contributed by atoms with Crippen LogP contribution in [0.2, 0.25) is 0 Å². The van der Waals surface area contributed by atoms with Gasteiger partial charge in [-0.25, -0.2) is 0 Å². The Bertz CT molecular complexity index is 647. The highest BCUT2D eigenvalue weighted by Crippen LogP contribution is 2.16. The summed E-state index contributed by atoms with van der Waals surface area (Å²) in [5.74, 6) is 1.49. The number of carbonyl (C=O) groups is 1. The molecule has 23 heavy (non-hydrogen) atoms. The predicted molar refractivity (Wildman–Crippen MR) is 90.9 cm³/mol. The molecule has 2 rings (SSSR count). The van der Waals surface area contributed by atoms with Gasteiger partial charge >= 0.3 is 0 Å². The largest absolute Gasteiger partial charge is 0.497 e. The topological polar surface area (TPSA) is 38.8 Å². The summed E-state index contributed by atoms with van der Waals surface area (Å²) >= 11 is 0. The molecule has 0 heterocycles. The van der Waals surface area contributed by atoms with Crippen LogP contribution in [-0.2, 0) is 6.54 Å². The third-order valence-corrected chi connectivity index (χ3v) is 3.39. The predicted octanol–water partition coefficient (Wildman–Crippen LogP) is 3.53. The molecule has 0 radical (unpaired) electrons. The van der Waals surface area contributed by atoms with Crippen LogP contribution < -0.4 is 9.47 Å². The fraction of sp³-hybridized carbons (Fsp3) is 0.211. The molecule has 0 atom stereocenters. The molecule has 2 aromatic rings. The van der Waals surface area contributed by atoms with Crippen molar-refractivity contribution in [2.45, 2.75) is 6.54 Å². The zero-order chi connectivity index (χ0) is 16.7. The summed E-state index contributed by atoms with van der Waals surface area (Å²) in [6, 6.07) is 14.8. The van der Waals surface area contributed by atoms with Gasteiger partial charge < -0.3 is 14.4 Å². The van der Waals surface area contributed by atoms with Crippen LogP contribution in [0.4, 0.5) is 0 Å². The fourth-order valence-electron chi connectivity index (χ4n) is 2.15. The average molecular weight is 311 g/mol. The lowest BCUT2D eigenvalue weighted by Crippen LogP contribution is -2.26. The average Bonchev–Trinajstić information content (AvgIpc) is 2.60. The fourth-order valence-corrected chi connectivity index (χ4v) is 2.15. The monoisotopic (exact) mass is 311 g/mol. The number of nitrogens with zero attached hydrogens (tertiary/aromatic N) is 1. The third kappa shape index (κ3) is 4.61. The van der Waals surface area contributed by atoms with Crippen LogP contribution in [0.1, 0.15) is 15.9 Å². The van der Waals surface area contributed by atoms with Crippen LogP contribution in [0.15, 0.2) is 61.2 Å². The molecule has 0 bridgehead atoms. The highest BCUT2D eigenvalue weighted by molar-refractivity contribution is 5.94. The number of ether oxygens (including phenoxy) is 2. The lowest BCUT2D eigenvalue weighted by molar-refractivity contribution is 0.0785. The lowest BCUT2D eigenvalue weighted by atomic mass is 10.1. The molecule has 0 saturated carbocycles. The molecule has 2 aromatic carbocycles. The van der Waals surface area contributed by atoms with Gasteiger partial charge in [0.1, 0.15) is 18.1 Å². The molecule has 4 nitrogen and oxygen atoms in total. The molecule has 4 heteroatoms. The van der Waals surface area contributed by atoms with Crippen molar-refractivity contribution in [1.82, 2.24) is 4.90 Å². The van der Waals surface area contributed by atoms with Gasteiger partial charge in [-0.05, 0) is 42.0 Å². The number of rotatable bonds is 7. The highest BCUT2D eigenvalue weighted by atomic mass is 16.5. The van der Waals surface area contributed by atoms with Crippen LogP contribution in [0.25, 0.3) is 0 Å². The van der Waals surface area contributed by atoms with Crippen molar-refractivity contribution in [1.29, 1.82) is 0 Å². The second kappa shape index (κ2) is 8.03. The van der Waals surface area contributed by atoms with E-state index in [4.69, 9.17) is 9.47 Å². The Labute approximate surface area is 137 Å². The van der Waals surface area contributed by atoms with Crippen molar-refractivity contribution in [3.63, 3.8) is 0 Å². The molecule has 0 aliphatic rings. The van der Waals surface area contributed by atoms with Gasteiger partial charge in [-0.15, -0.1) is 0 Å². The number of methoxy groups -OCH3 is 1. The van der Waals surface area contributed by atoms with Gasteiger partial charge in [-0.2, -0.15) is 0 Å². The molecule has 0 unspecified atom stereocenters. The van der Waals surface area contributed by atoms with E-state index < -0.39 is 0 Å². The van der Waals surface area contributed by atoms with E-state index in [1.54, 1.807) is 49.4 Å². The summed E-state index contributed by atoms with van der Waals surface area (Å²) in [4.78, 5) is 14.1. The van der Waals surface area contributed by atoms with Gasteiger partial charge in [0, 0.05) is 19.2 Å². The molecule has 0 fully saturated rings. The zero-order valence-corrected chi connectivity index (χ0v) is 13.5. The van der Waals surface area contributed by atoms with Gasteiger partial charge in [0.15, 0.2) is 0 Å². The Kier molecular flexibility index (Phi) is 5.80. The maximum absolute atomic E-state index is 12.4. The Balaban J connectivity index is 1.99. The first kappa shape index (κ1) is 16.6. The van der Waals surface area contributed by atoms with Gasteiger partial charge in [0.2, 0.25) is 0 Å². The number of carbonyl (C=O) groups excluding carboxylic acids is 1. The van der Waals surface area contributed by atoms with Crippen LogP contribution in [0.3, 0.4) is 0 Å². The molecule has 0 N–H and O–H groups in total. The second-order valence-electron chi connectivity index (χ2n) is 5.13. The van der Waals surface area contributed by atoms with Crippen LogP contribution >= 0.6 is 0 Å². The van der Waals surface area contributed by atoms with Gasteiger partial charge in [-0.3, -0.25) is 4.79 Å². The number of hydrogen-bond acceptors (Lipinski definition) is 3. The first-order valence-electron chi connectivity index (χ1n) is 7.36. The van der Waals surface area contributed by atoms with Crippen molar-refractivity contribution in [3.8, 4) is 11.5 Å². The minimum atomic E-state index is -0.0314. The van der Waals surface area contributed by atoms with Crippen LogP contribution in [0.5, 0.6) is 11.5 Å². The first-order valence-corrected chi connectivity index (χ1v) is 7.36. The standard InChI is InChI=1S/C19H21NO3/c1-4-13-23-18-11-7-16(8-12-18)19(21)20(2)14-15-5-9-17(22-3)10-6-15/h4-12H,1,13-14H2,2-3H3. The summed E-state index contributed by atoms with van der Waals surface area (Å²) < 4.78 is 10.5. The third-order valence-electron chi connectivity index (χ3n) is 3.39. The van der Waals surface area contributed by atoms with Gasteiger partial charge in [-0.1, -0.05) is 24.8 Å². The van der Waals surface area contributed by atoms with E-state index in [-0.39, 0.29) is 5.91 Å². The van der Waals surface area contributed by atoms with Crippen LogP contribution in [0, 0.1) is 0 Å². The molecular weight excluding hydrogens is 290 g/mol. The van der Waals surface area contributed by atoms with Crippen molar-refractivity contribution in [2.24, 2.45) is 0 Å². The summed E-state index contributed by atoms with van der Waals surface area (Å²) in [6.45, 7) is 4.59. The molecule has 120 valence electrons. The van der Waals surface area contributed by atoms with Gasteiger partial charge in [0.05, 0.1) is 7.11 Å². The van der Waals surface area contributed by atoms with Crippen molar-refractivity contribution < 1.29 is 14.3 Å². The maximum atomic E-state index is 12.4. The smallest absolute Gasteiger partial charge is 0.253 e. The molecule has 0 spiro atoms. The van der Waals surface area contributed by atoms with E-state index in [1.807, 2.05) is 24.3 Å². The zero-order valence-electron chi connectivity index (χ0n) is 13.5. The van der Waals surface area contributed by atoms with E-state index >= 15 is 0 Å². The Morgan fingerprint density at radius 2 is 1.70 bits per heavy atom. The van der Waals surface area contributed by atoms with Crippen molar-refractivity contribution in [2.75, 3.05) is 20.8 Å². The SMILES string of the molecule is C=CCOc1ccc(C(=O)N(C)Cc2ccc(OC)cc2)cc1. The minimum Gasteiger partial charge on any atom is -0.497 e. The van der Waals surface area contributed by atoms with Gasteiger partial charge in [0.25, 0.3) is 5.91 Å². The second-order valence-corrected chi connectivity index (χ2v) is 5.13. The van der Waals surface area contributed by atoms with Crippen LogP contribution in [-0.4, -0.2) is 31.6 Å². The van der Waals surface area contributed by atoms with E-state index in [1.165, 1.54) is 0 Å². The Morgan fingerprint density at radius 1 is 1.09 bits per heavy atom. The Hall–Kier alpha value is -2.75. The number of amides is 1. The minimum absolute atomic E-state index is 0.0314. The summed E-state index contributed by atoms with van der Waals surface area (Å²) in [7, 11) is 3.42. The van der Waals surface area contributed by atoms with E-state index in [2.05, 4.69) is 6.58 Å². The number of benzene rings is 2. The maximum Gasteiger partial charge on any atom is 0.253 e. The Morgan fingerprint density at radius 3 is 2.26 bits per heavy atom. The summed E-state index contributed by atoms with van der Waals surface area (Å²) in [6.07, 6.45) is 1.68. The lowest BCUT2D eigenvalue weighted by Gasteiger charge is -2.17. The summed E-state index contributed by atoms with van der Waals surface area (Å²) in [5, 5.41) is 0. The highest BCUT2D eigenvalue weighted by Gasteiger charge is 2.12. The van der Waals surface area contributed by atoms with E-state index in [0.717, 1.165) is 17.1 Å². The van der Waals surface area contributed by atoms with Crippen molar-refractivity contribution >= 4 is 5.91 Å². The molecule has 0 aliphatic carbocycles. The number of hydrogen-bond donors (Lipinski definition) is 0. The van der Waals surface area contributed by atoms with E-state index in [9.17, 15) is 4.79 Å².